The number of aromatic nitrogens is 1. The van der Waals surface area contributed by atoms with Gasteiger partial charge in [-0.15, -0.1) is 11.3 Å². The molecular weight excluding hydrogens is 605 g/mol. The van der Waals surface area contributed by atoms with Gasteiger partial charge in [-0.3, -0.25) is 4.90 Å². The van der Waals surface area contributed by atoms with Crippen LogP contribution in [-0.4, -0.2) is 71.8 Å². The number of nitrogens with zero attached hydrogens (tertiary/aromatic N) is 3. The number of rotatable bonds is 7. The zero-order valence-corrected chi connectivity index (χ0v) is 25.3. The number of esters is 1. The maximum Gasteiger partial charge on any atom is 0.410 e. The highest BCUT2D eigenvalue weighted by atomic mass is 127. The second-order valence-electron chi connectivity index (χ2n) is 10.9. The first kappa shape index (κ1) is 28.1. The molecule has 2 heterocycles. The number of benzene rings is 1. The average Bonchev–Trinajstić information content (AvgIpc) is 3.55. The average molecular weight is 642 g/mol. The van der Waals surface area contributed by atoms with Crippen LogP contribution in [-0.2, 0) is 9.47 Å². The van der Waals surface area contributed by atoms with Crippen LogP contribution in [0.1, 0.15) is 78.4 Å². The Kier molecular flexibility index (Phi) is 8.69. The topological polar surface area (TPSA) is 81.2 Å². The third kappa shape index (κ3) is 7.14. The molecule has 1 aromatic carbocycles. The molecular formula is C27H36IN3O5S. The molecule has 2 aromatic rings. The van der Waals surface area contributed by atoms with Crippen molar-refractivity contribution in [3.05, 3.63) is 42.9 Å². The third-order valence-corrected chi connectivity index (χ3v) is 8.91. The van der Waals surface area contributed by atoms with Crippen LogP contribution < -0.4 is 4.74 Å². The van der Waals surface area contributed by atoms with Crippen molar-refractivity contribution in [1.82, 2.24) is 14.8 Å². The van der Waals surface area contributed by atoms with Crippen LogP contribution in [0.3, 0.4) is 0 Å². The Hall–Kier alpha value is -1.92. The van der Waals surface area contributed by atoms with Gasteiger partial charge in [0.05, 0.1) is 7.11 Å². The van der Waals surface area contributed by atoms with Crippen molar-refractivity contribution in [1.29, 1.82) is 0 Å². The molecule has 0 spiro atoms. The van der Waals surface area contributed by atoms with E-state index in [-0.39, 0.29) is 18.2 Å². The molecule has 1 saturated carbocycles. The molecule has 0 radical (unpaired) electrons. The summed E-state index contributed by atoms with van der Waals surface area (Å²) in [6.07, 6.45) is 3.75. The summed E-state index contributed by atoms with van der Waals surface area (Å²) >= 11 is 3.91. The molecule has 0 bridgehead atoms. The molecule has 1 aliphatic heterocycles. The molecule has 2 aliphatic rings. The van der Waals surface area contributed by atoms with E-state index >= 15 is 0 Å². The minimum absolute atomic E-state index is 0.00579. The van der Waals surface area contributed by atoms with Crippen LogP contribution in [0.2, 0.25) is 0 Å². The number of halogens is 1. The molecule has 8 nitrogen and oxygen atoms in total. The maximum atomic E-state index is 12.7. The number of hydrogen-bond acceptors (Lipinski definition) is 8. The number of methoxy groups -OCH3 is 1. The fourth-order valence-electron chi connectivity index (χ4n) is 4.37. The lowest BCUT2D eigenvalue weighted by atomic mass is 10.1. The van der Waals surface area contributed by atoms with Gasteiger partial charge in [0.2, 0.25) is 0 Å². The summed E-state index contributed by atoms with van der Waals surface area (Å²) in [6.45, 7) is 12.2. The zero-order chi connectivity index (χ0) is 26.9. The smallest absolute Gasteiger partial charge is 0.410 e. The quantitative estimate of drug-likeness (QED) is 0.280. The Morgan fingerprint density at radius 2 is 1.97 bits per heavy atom. The van der Waals surface area contributed by atoms with Crippen LogP contribution in [0, 0.1) is 10.5 Å². The third-order valence-electron chi connectivity index (χ3n) is 6.50. The van der Waals surface area contributed by atoms with Crippen LogP contribution >= 0.6 is 33.9 Å². The Bertz CT molecular complexity index is 1140. The summed E-state index contributed by atoms with van der Waals surface area (Å²) in [5, 5.41) is 0.899. The Morgan fingerprint density at radius 3 is 2.59 bits per heavy atom. The number of carbonyl (C=O) groups excluding carboxylic acids is 2. The number of hydrogen-bond donors (Lipinski definition) is 0. The van der Waals surface area contributed by atoms with Gasteiger partial charge >= 0.3 is 12.1 Å². The monoisotopic (exact) mass is 641 g/mol. The normalized spacial score (nSPS) is 19.4. The van der Waals surface area contributed by atoms with E-state index in [0.29, 0.717) is 43.4 Å². The minimum atomic E-state index is -0.528. The highest BCUT2D eigenvalue weighted by molar-refractivity contribution is 14.1. The van der Waals surface area contributed by atoms with E-state index in [1.807, 2.05) is 52.9 Å². The molecule has 37 heavy (non-hydrogen) atoms. The van der Waals surface area contributed by atoms with Gasteiger partial charge in [-0.25, -0.2) is 14.6 Å². The number of ether oxygens (including phenoxy) is 3. The van der Waals surface area contributed by atoms with Gasteiger partial charge in [0.25, 0.3) is 0 Å². The molecule has 1 aliphatic carbocycles. The fraction of sp³-hybridized carbons (Fsp3) is 0.593. The molecule has 1 aromatic heterocycles. The number of thiazole rings is 1. The molecule has 2 atom stereocenters. The maximum absolute atomic E-state index is 12.7. The molecule has 10 heteroatoms. The van der Waals surface area contributed by atoms with Crippen molar-refractivity contribution in [2.45, 2.75) is 71.1 Å². The van der Waals surface area contributed by atoms with Crippen molar-refractivity contribution in [2.75, 3.05) is 33.3 Å². The lowest BCUT2D eigenvalue weighted by Crippen LogP contribution is -2.55. The Morgan fingerprint density at radius 1 is 1.24 bits per heavy atom. The van der Waals surface area contributed by atoms with Gasteiger partial charge < -0.3 is 19.1 Å². The highest BCUT2D eigenvalue weighted by Crippen LogP contribution is 2.44. The second kappa shape index (κ2) is 11.4. The first-order chi connectivity index (χ1) is 17.4. The van der Waals surface area contributed by atoms with Gasteiger partial charge in [-0.2, -0.15) is 0 Å². The number of aryl methyl sites for hydroxylation is 1. The molecule has 1 amide bonds. The summed E-state index contributed by atoms with van der Waals surface area (Å²) < 4.78 is 18.2. The van der Waals surface area contributed by atoms with E-state index < -0.39 is 11.6 Å². The van der Waals surface area contributed by atoms with Gasteiger partial charge in [-0.1, -0.05) is 0 Å². The van der Waals surface area contributed by atoms with Crippen molar-refractivity contribution in [3.63, 3.8) is 0 Å². The summed E-state index contributed by atoms with van der Waals surface area (Å²) in [5.74, 6) is 0.679. The zero-order valence-electron chi connectivity index (χ0n) is 22.4. The van der Waals surface area contributed by atoms with Gasteiger partial charge in [0.15, 0.2) is 6.10 Å². The first-order valence-corrected chi connectivity index (χ1v) is 14.6. The molecule has 0 N–H and O–H groups in total. The van der Waals surface area contributed by atoms with Gasteiger partial charge in [0.1, 0.15) is 21.9 Å². The van der Waals surface area contributed by atoms with E-state index in [9.17, 15) is 9.59 Å². The SMILES string of the molecule is COC(=O)c1cc(I)c(C)cc1OC(CN1CCN(C(=O)OC(C)(C)C)[C@H](C)C1)c1ncc(C2CC2)s1. The van der Waals surface area contributed by atoms with Gasteiger partial charge in [0, 0.05) is 46.9 Å². The number of piperazine rings is 1. The summed E-state index contributed by atoms with van der Waals surface area (Å²) in [6, 6.07) is 3.71. The number of carbonyl (C=O) groups is 2. The molecule has 202 valence electrons. The second-order valence-corrected chi connectivity index (χ2v) is 13.1. The van der Waals surface area contributed by atoms with Crippen molar-refractivity contribution in [2.24, 2.45) is 0 Å². The standard InChI is InChI=1S/C27H36IN3O5S/c1-16-11-21(19(12-20(16)28)25(32)34-6)35-22(24-29-13-23(37-24)18-7-8-18)15-30-9-10-31(17(2)14-30)26(33)36-27(3,4)5/h11-13,17-18,22H,7-10,14-15H2,1-6H3/t17-,22?/m1/s1. The van der Waals surface area contributed by atoms with E-state index in [4.69, 9.17) is 19.2 Å². The van der Waals surface area contributed by atoms with Crippen LogP contribution in [0.15, 0.2) is 18.3 Å². The van der Waals surface area contributed by atoms with Crippen LogP contribution in [0.5, 0.6) is 5.75 Å². The molecule has 2 fully saturated rings. The van der Waals surface area contributed by atoms with Crippen LogP contribution in [0.4, 0.5) is 4.79 Å². The van der Waals surface area contributed by atoms with Crippen molar-refractivity contribution >= 4 is 46.0 Å². The van der Waals surface area contributed by atoms with Crippen LogP contribution in [0.25, 0.3) is 0 Å². The first-order valence-electron chi connectivity index (χ1n) is 12.7. The van der Waals surface area contributed by atoms with Crippen molar-refractivity contribution < 1.29 is 23.8 Å². The Balaban J connectivity index is 1.55. The lowest BCUT2D eigenvalue weighted by molar-refractivity contribution is -0.00300. The summed E-state index contributed by atoms with van der Waals surface area (Å²) in [4.78, 5) is 35.4. The van der Waals surface area contributed by atoms with Crippen molar-refractivity contribution in [3.8, 4) is 5.75 Å². The molecule has 1 saturated heterocycles. The van der Waals surface area contributed by atoms with E-state index in [1.165, 1.54) is 24.8 Å². The van der Waals surface area contributed by atoms with E-state index in [2.05, 4.69) is 27.5 Å². The molecule has 1 unspecified atom stereocenters. The summed E-state index contributed by atoms with van der Waals surface area (Å²) in [5.41, 5.74) is 0.906. The van der Waals surface area contributed by atoms with Gasteiger partial charge in [-0.05, 0) is 93.7 Å². The lowest BCUT2D eigenvalue weighted by Gasteiger charge is -2.41. The summed E-state index contributed by atoms with van der Waals surface area (Å²) in [7, 11) is 1.38. The predicted molar refractivity (Wildman–Crippen MR) is 152 cm³/mol. The Labute approximate surface area is 236 Å². The fourth-order valence-corrected chi connectivity index (χ4v) is 5.95. The largest absolute Gasteiger partial charge is 0.481 e. The van der Waals surface area contributed by atoms with E-state index in [0.717, 1.165) is 14.1 Å². The molecule has 4 rings (SSSR count). The highest BCUT2D eigenvalue weighted by Gasteiger charge is 2.34. The predicted octanol–water partition coefficient (Wildman–Crippen LogP) is 5.78. The minimum Gasteiger partial charge on any atom is -0.481 e. The van der Waals surface area contributed by atoms with E-state index in [1.54, 1.807) is 16.2 Å². The number of amides is 1.